The smallest absolute Gasteiger partial charge is 0.253 e. The molecule has 0 unspecified atom stereocenters. The number of anilines is 1. The third kappa shape index (κ3) is 2.29. The fourth-order valence-electron chi connectivity index (χ4n) is 1.81. The highest BCUT2D eigenvalue weighted by atomic mass is 16.5. The molecule has 1 aliphatic rings. The molecule has 0 atom stereocenters. The van der Waals surface area contributed by atoms with E-state index < -0.39 is 0 Å². The molecule has 0 spiro atoms. The van der Waals surface area contributed by atoms with Crippen molar-refractivity contribution in [1.29, 1.82) is 0 Å². The molecule has 5 heteroatoms. The molecule has 1 aliphatic heterocycles. The van der Waals surface area contributed by atoms with E-state index in [9.17, 15) is 9.59 Å². The Hall–Kier alpha value is -1.88. The number of fused-ring (bicyclic) bond motifs is 1. The van der Waals surface area contributed by atoms with Crippen LogP contribution in [-0.4, -0.2) is 38.6 Å². The molecule has 1 aromatic carbocycles. The average molecular weight is 234 g/mol. The van der Waals surface area contributed by atoms with Crippen LogP contribution in [0.5, 0.6) is 0 Å². The minimum Gasteiger partial charge on any atom is -0.383 e. The monoisotopic (exact) mass is 234 g/mol. The molecule has 5 nitrogen and oxygen atoms in total. The maximum absolute atomic E-state index is 11.9. The lowest BCUT2D eigenvalue weighted by molar-refractivity contribution is -0.117. The fraction of sp³-hybridized carbons (Fsp3) is 0.333. The molecule has 0 aliphatic carbocycles. The molecule has 2 rings (SSSR count). The molecule has 17 heavy (non-hydrogen) atoms. The maximum atomic E-state index is 11.9. The number of carbonyl (C=O) groups excluding carboxylic acids is 2. The highest BCUT2D eigenvalue weighted by Gasteiger charge is 2.25. The van der Waals surface area contributed by atoms with Gasteiger partial charge in [0.05, 0.1) is 24.4 Å². The summed E-state index contributed by atoms with van der Waals surface area (Å²) in [6.07, 6.45) is 0. The average Bonchev–Trinajstić information content (AvgIpc) is 2.47. The Morgan fingerprint density at radius 3 is 2.88 bits per heavy atom. The van der Waals surface area contributed by atoms with Gasteiger partial charge in [-0.05, 0) is 12.1 Å². The van der Waals surface area contributed by atoms with Crippen molar-refractivity contribution in [2.75, 3.05) is 31.7 Å². The van der Waals surface area contributed by atoms with Gasteiger partial charge < -0.3 is 15.0 Å². The number of methoxy groups -OCH3 is 1. The van der Waals surface area contributed by atoms with Crippen molar-refractivity contribution in [1.82, 2.24) is 5.32 Å². The molecule has 1 heterocycles. The summed E-state index contributed by atoms with van der Waals surface area (Å²) in [7, 11) is 1.58. The highest BCUT2D eigenvalue weighted by molar-refractivity contribution is 6.09. The molecular weight excluding hydrogens is 220 g/mol. The Kier molecular flexibility index (Phi) is 3.39. The van der Waals surface area contributed by atoms with Crippen molar-refractivity contribution in [3.63, 3.8) is 0 Å². The van der Waals surface area contributed by atoms with Crippen molar-refractivity contribution in [2.24, 2.45) is 0 Å². The van der Waals surface area contributed by atoms with Crippen LogP contribution in [0, 0.1) is 0 Å². The first-order valence-electron chi connectivity index (χ1n) is 5.40. The van der Waals surface area contributed by atoms with E-state index in [0.29, 0.717) is 24.4 Å². The minimum absolute atomic E-state index is 0.0250. The largest absolute Gasteiger partial charge is 0.383 e. The predicted octanol–water partition coefficient (Wildman–Crippen LogP) is 0.409. The van der Waals surface area contributed by atoms with E-state index in [1.165, 1.54) is 0 Å². The lowest BCUT2D eigenvalue weighted by Crippen LogP contribution is -2.38. The molecular formula is C12H14N2O3. The van der Waals surface area contributed by atoms with Gasteiger partial charge in [-0.3, -0.25) is 9.59 Å². The zero-order valence-electron chi connectivity index (χ0n) is 9.60. The number of ether oxygens (including phenoxy) is 1. The summed E-state index contributed by atoms with van der Waals surface area (Å²) >= 11 is 0. The van der Waals surface area contributed by atoms with Crippen molar-refractivity contribution < 1.29 is 14.3 Å². The number of nitrogens with zero attached hydrogens (tertiary/aromatic N) is 1. The van der Waals surface area contributed by atoms with E-state index in [2.05, 4.69) is 5.32 Å². The van der Waals surface area contributed by atoms with Gasteiger partial charge in [-0.1, -0.05) is 12.1 Å². The van der Waals surface area contributed by atoms with Crippen LogP contribution in [0.15, 0.2) is 24.3 Å². The predicted molar refractivity (Wildman–Crippen MR) is 63.0 cm³/mol. The van der Waals surface area contributed by atoms with E-state index in [0.717, 1.165) is 0 Å². The first-order chi connectivity index (χ1) is 8.24. The summed E-state index contributed by atoms with van der Waals surface area (Å²) in [4.78, 5) is 25.2. The van der Waals surface area contributed by atoms with E-state index in [1.807, 2.05) is 6.07 Å². The first-order valence-corrected chi connectivity index (χ1v) is 5.40. The van der Waals surface area contributed by atoms with Gasteiger partial charge in [-0.15, -0.1) is 0 Å². The molecule has 0 saturated heterocycles. The Balaban J connectivity index is 2.38. The Bertz CT molecular complexity index is 445. The van der Waals surface area contributed by atoms with Crippen molar-refractivity contribution in [2.45, 2.75) is 0 Å². The summed E-state index contributed by atoms with van der Waals surface area (Å²) in [6.45, 7) is 0.910. The van der Waals surface area contributed by atoms with E-state index >= 15 is 0 Å². The number of rotatable bonds is 3. The molecule has 0 radical (unpaired) electrons. The second-order valence-corrected chi connectivity index (χ2v) is 3.74. The lowest BCUT2D eigenvalue weighted by Gasteiger charge is -2.21. The summed E-state index contributed by atoms with van der Waals surface area (Å²) < 4.78 is 4.98. The summed E-state index contributed by atoms with van der Waals surface area (Å²) in [6, 6.07) is 7.07. The van der Waals surface area contributed by atoms with Crippen LogP contribution in [-0.2, 0) is 9.53 Å². The van der Waals surface area contributed by atoms with Gasteiger partial charge in [0.25, 0.3) is 5.91 Å². The number of hydrogen-bond donors (Lipinski definition) is 1. The third-order valence-corrected chi connectivity index (χ3v) is 2.66. The van der Waals surface area contributed by atoms with Crippen LogP contribution >= 0.6 is 0 Å². The lowest BCUT2D eigenvalue weighted by atomic mass is 10.1. The van der Waals surface area contributed by atoms with Gasteiger partial charge in [-0.2, -0.15) is 0 Å². The van der Waals surface area contributed by atoms with Gasteiger partial charge in [0.2, 0.25) is 5.91 Å². The second-order valence-electron chi connectivity index (χ2n) is 3.74. The Labute approximate surface area is 99.4 Å². The van der Waals surface area contributed by atoms with E-state index in [1.54, 1.807) is 30.2 Å². The highest BCUT2D eigenvalue weighted by Crippen LogP contribution is 2.22. The number of nitrogens with one attached hydrogen (secondary N) is 1. The van der Waals surface area contributed by atoms with Gasteiger partial charge >= 0.3 is 0 Å². The van der Waals surface area contributed by atoms with Crippen LogP contribution in [0.3, 0.4) is 0 Å². The maximum Gasteiger partial charge on any atom is 0.253 e. The molecule has 0 saturated carbocycles. The number of carbonyl (C=O) groups is 2. The van der Waals surface area contributed by atoms with Gasteiger partial charge in [0.1, 0.15) is 0 Å². The molecule has 1 aromatic rings. The van der Waals surface area contributed by atoms with Crippen LogP contribution in [0.1, 0.15) is 10.4 Å². The zero-order chi connectivity index (χ0) is 12.3. The van der Waals surface area contributed by atoms with Crippen molar-refractivity contribution in [3.8, 4) is 0 Å². The number of benzene rings is 1. The normalized spacial score (nSPS) is 15.2. The zero-order valence-corrected chi connectivity index (χ0v) is 9.60. The van der Waals surface area contributed by atoms with Crippen molar-refractivity contribution >= 4 is 17.5 Å². The van der Waals surface area contributed by atoms with E-state index in [-0.39, 0.29) is 18.4 Å². The SMILES string of the molecule is COCCN1C(=O)CNC(=O)c2ccccc21. The number of hydrogen-bond acceptors (Lipinski definition) is 3. The number of para-hydroxylation sites is 1. The molecule has 2 amide bonds. The summed E-state index contributed by atoms with van der Waals surface area (Å²) in [5.41, 5.74) is 1.17. The molecule has 90 valence electrons. The topological polar surface area (TPSA) is 58.6 Å². The minimum atomic E-state index is -0.214. The van der Waals surface area contributed by atoms with Crippen LogP contribution in [0.25, 0.3) is 0 Å². The van der Waals surface area contributed by atoms with Crippen LogP contribution in [0.2, 0.25) is 0 Å². The van der Waals surface area contributed by atoms with Gasteiger partial charge in [0, 0.05) is 13.7 Å². The molecule has 0 fully saturated rings. The Morgan fingerprint density at radius 1 is 1.35 bits per heavy atom. The quantitative estimate of drug-likeness (QED) is 0.824. The third-order valence-electron chi connectivity index (χ3n) is 2.66. The van der Waals surface area contributed by atoms with Crippen LogP contribution in [0.4, 0.5) is 5.69 Å². The summed E-state index contributed by atoms with van der Waals surface area (Å²) in [5.74, 6) is -0.339. The standard InChI is InChI=1S/C12H14N2O3/c1-17-7-6-14-10-5-3-2-4-9(10)12(16)13-8-11(14)15/h2-5H,6-8H2,1H3,(H,13,16). The first kappa shape index (κ1) is 11.6. The van der Waals surface area contributed by atoms with Crippen LogP contribution < -0.4 is 10.2 Å². The molecule has 0 aromatic heterocycles. The van der Waals surface area contributed by atoms with Crippen molar-refractivity contribution in [3.05, 3.63) is 29.8 Å². The molecule has 0 bridgehead atoms. The number of amides is 2. The summed E-state index contributed by atoms with van der Waals surface area (Å²) in [5, 5.41) is 2.59. The second kappa shape index (κ2) is 4.97. The molecule has 1 N–H and O–H groups in total. The fourth-order valence-corrected chi connectivity index (χ4v) is 1.81. The van der Waals surface area contributed by atoms with Gasteiger partial charge in [0.15, 0.2) is 0 Å². The Morgan fingerprint density at radius 2 is 2.12 bits per heavy atom. The van der Waals surface area contributed by atoms with E-state index in [4.69, 9.17) is 4.74 Å². The van der Waals surface area contributed by atoms with Gasteiger partial charge in [-0.25, -0.2) is 0 Å².